The zero-order valence-electron chi connectivity index (χ0n) is 42.4. The maximum Gasteiger partial charge on any atom is 0.164 e. The van der Waals surface area contributed by atoms with Crippen molar-refractivity contribution in [1.29, 1.82) is 0 Å². The molecule has 13 rings (SSSR count). The van der Waals surface area contributed by atoms with E-state index in [2.05, 4.69) is 218 Å². The molecule has 11 aromatic carbocycles. The quantitative estimate of drug-likeness (QED) is 0.121. The SMILES string of the molecule is c1ccc(-c2cccc(-c3nc(-c4ccccc4)nc(-c4cccc(-c5cccc(-c6cccc(-c7cccc(-c8cccc(-c9nc(-c%10ccccc%10)nc(-c%10cccc(-c%11ccccc%11)c%10)n9)c8)c7)c6)c5)c4)n3)c2)cc1. The van der Waals surface area contributed by atoms with Crippen LogP contribution in [0.1, 0.15) is 0 Å². The summed E-state index contributed by atoms with van der Waals surface area (Å²) in [6.07, 6.45) is 0. The summed E-state index contributed by atoms with van der Waals surface area (Å²) in [4.78, 5) is 30.4. The van der Waals surface area contributed by atoms with Crippen LogP contribution in [0.5, 0.6) is 0 Å². The molecule has 6 nitrogen and oxygen atoms in total. The van der Waals surface area contributed by atoms with E-state index in [1.165, 1.54) is 0 Å². The van der Waals surface area contributed by atoms with Crippen molar-refractivity contribution < 1.29 is 0 Å². The number of nitrogens with zero attached hydrogens (tertiary/aromatic N) is 6. The maximum atomic E-state index is 5.12. The van der Waals surface area contributed by atoms with E-state index in [0.29, 0.717) is 34.9 Å². The lowest BCUT2D eigenvalue weighted by atomic mass is 9.94. The van der Waals surface area contributed by atoms with Crippen molar-refractivity contribution in [2.24, 2.45) is 0 Å². The topological polar surface area (TPSA) is 77.3 Å². The molecule has 0 saturated heterocycles. The van der Waals surface area contributed by atoms with Crippen molar-refractivity contribution in [1.82, 2.24) is 29.9 Å². The minimum absolute atomic E-state index is 0.613. The summed E-state index contributed by atoms with van der Waals surface area (Å²) < 4.78 is 0. The molecule has 0 atom stereocenters. The van der Waals surface area contributed by atoms with E-state index in [4.69, 9.17) is 29.9 Å². The van der Waals surface area contributed by atoms with Crippen LogP contribution in [0.25, 0.3) is 135 Å². The molecule has 0 aliphatic rings. The Hall–Kier alpha value is -10.6. The van der Waals surface area contributed by atoms with Crippen LogP contribution in [0.4, 0.5) is 0 Å². The Balaban J connectivity index is 0.796. The molecule has 0 aliphatic carbocycles. The van der Waals surface area contributed by atoms with E-state index in [1.54, 1.807) is 0 Å². The molecule has 0 unspecified atom stereocenters. The van der Waals surface area contributed by atoms with E-state index in [0.717, 1.165) is 100 Å². The van der Waals surface area contributed by atoms with Crippen LogP contribution in [0.15, 0.2) is 291 Å². The summed E-state index contributed by atoms with van der Waals surface area (Å²) >= 11 is 0. The van der Waals surface area contributed by atoms with Crippen LogP contribution in [-0.2, 0) is 0 Å². The van der Waals surface area contributed by atoms with Crippen molar-refractivity contribution in [3.63, 3.8) is 0 Å². The Bertz CT molecular complexity index is 3990. The van der Waals surface area contributed by atoms with Gasteiger partial charge in [-0.2, -0.15) is 0 Å². The van der Waals surface area contributed by atoms with E-state index >= 15 is 0 Å². The third-order valence-corrected chi connectivity index (χ3v) is 14.0. The molecule has 366 valence electrons. The highest BCUT2D eigenvalue weighted by molar-refractivity contribution is 5.82. The predicted octanol–water partition coefficient (Wildman–Crippen LogP) is 18.1. The van der Waals surface area contributed by atoms with Gasteiger partial charge in [-0.25, -0.2) is 29.9 Å². The molecular formula is C72H48N6. The lowest BCUT2D eigenvalue weighted by Gasteiger charge is -2.12. The number of hydrogen-bond donors (Lipinski definition) is 0. The van der Waals surface area contributed by atoms with E-state index in [1.807, 2.05) is 72.8 Å². The minimum Gasteiger partial charge on any atom is -0.208 e. The molecule has 0 amide bonds. The third-order valence-electron chi connectivity index (χ3n) is 14.0. The number of benzene rings is 11. The minimum atomic E-state index is 0.613. The standard InChI is InChI=1S/C72H48N6/c1-5-20-49(21-6-1)53-28-16-38-63(45-53)69-73-67(51-24-9-3-10-25-51)75-71(77-69)65-40-18-36-61(47-65)59-34-14-32-57(43-59)55-30-13-31-56(42-55)58-33-15-35-60(44-58)62-37-19-41-66(48-62)72-76-68(52-26-11-4-12-27-52)74-70(78-72)64-39-17-29-54(46-64)50-22-7-2-8-23-50/h1-48H. The van der Waals surface area contributed by atoms with Crippen LogP contribution in [0, 0.1) is 0 Å². The molecule has 0 aliphatic heterocycles. The van der Waals surface area contributed by atoms with E-state index in [9.17, 15) is 0 Å². The molecule has 0 radical (unpaired) electrons. The highest BCUT2D eigenvalue weighted by Gasteiger charge is 2.17. The van der Waals surface area contributed by atoms with Gasteiger partial charge in [-0.15, -0.1) is 0 Å². The Kier molecular flexibility index (Phi) is 12.9. The molecule has 0 saturated carbocycles. The summed E-state index contributed by atoms with van der Waals surface area (Å²) in [5, 5.41) is 0. The zero-order chi connectivity index (χ0) is 52.0. The predicted molar refractivity (Wildman–Crippen MR) is 318 cm³/mol. The molecule has 0 N–H and O–H groups in total. The fraction of sp³-hybridized carbons (Fsp3) is 0. The van der Waals surface area contributed by atoms with Crippen LogP contribution < -0.4 is 0 Å². The highest BCUT2D eigenvalue weighted by atomic mass is 15.0. The molecular weight excluding hydrogens is 949 g/mol. The lowest BCUT2D eigenvalue weighted by molar-refractivity contribution is 1.07. The largest absolute Gasteiger partial charge is 0.208 e. The van der Waals surface area contributed by atoms with Gasteiger partial charge in [-0.05, 0) is 109 Å². The molecule has 13 aromatic rings. The summed E-state index contributed by atoms with van der Waals surface area (Å²) in [7, 11) is 0. The molecule has 78 heavy (non-hydrogen) atoms. The summed E-state index contributed by atoms with van der Waals surface area (Å²) in [6, 6.07) is 101. The second-order valence-corrected chi connectivity index (χ2v) is 19.1. The first kappa shape index (κ1) is 47.2. The van der Waals surface area contributed by atoms with Gasteiger partial charge in [0.2, 0.25) is 0 Å². The second kappa shape index (κ2) is 21.4. The van der Waals surface area contributed by atoms with Gasteiger partial charge >= 0.3 is 0 Å². The average Bonchev–Trinajstić information content (AvgIpc) is 3.59. The Labute approximate surface area is 453 Å². The molecule has 6 heteroatoms. The summed E-state index contributed by atoms with van der Waals surface area (Å²) in [5.74, 6) is 3.72. The first-order chi connectivity index (χ1) is 38.6. The van der Waals surface area contributed by atoms with Crippen molar-refractivity contribution in [2.45, 2.75) is 0 Å². The van der Waals surface area contributed by atoms with E-state index in [-0.39, 0.29) is 0 Å². The Morgan fingerprint density at radius 3 is 0.474 bits per heavy atom. The van der Waals surface area contributed by atoms with Crippen LogP contribution in [-0.4, -0.2) is 29.9 Å². The molecule has 0 fully saturated rings. The van der Waals surface area contributed by atoms with Crippen molar-refractivity contribution in [3.05, 3.63) is 291 Å². The fourth-order valence-corrected chi connectivity index (χ4v) is 9.95. The molecule has 0 bridgehead atoms. The van der Waals surface area contributed by atoms with Gasteiger partial charge in [-0.1, -0.05) is 249 Å². The normalized spacial score (nSPS) is 11.1. The monoisotopic (exact) mass is 996 g/mol. The van der Waals surface area contributed by atoms with Gasteiger partial charge in [0.05, 0.1) is 0 Å². The number of rotatable bonds is 12. The smallest absolute Gasteiger partial charge is 0.164 e. The van der Waals surface area contributed by atoms with Gasteiger partial charge in [0.1, 0.15) is 0 Å². The second-order valence-electron chi connectivity index (χ2n) is 19.1. The van der Waals surface area contributed by atoms with Gasteiger partial charge < -0.3 is 0 Å². The fourth-order valence-electron chi connectivity index (χ4n) is 9.95. The first-order valence-corrected chi connectivity index (χ1v) is 26.1. The maximum absolute atomic E-state index is 5.12. The number of aromatic nitrogens is 6. The Morgan fingerprint density at radius 2 is 0.256 bits per heavy atom. The van der Waals surface area contributed by atoms with Gasteiger partial charge in [0.25, 0.3) is 0 Å². The van der Waals surface area contributed by atoms with E-state index < -0.39 is 0 Å². The van der Waals surface area contributed by atoms with Crippen molar-refractivity contribution in [3.8, 4) is 135 Å². The lowest BCUT2D eigenvalue weighted by Crippen LogP contribution is -2.00. The average molecular weight is 997 g/mol. The summed E-state index contributed by atoms with van der Waals surface area (Å²) in [6.45, 7) is 0. The van der Waals surface area contributed by atoms with Crippen LogP contribution >= 0.6 is 0 Å². The third kappa shape index (κ3) is 10.2. The molecule has 2 aromatic heterocycles. The first-order valence-electron chi connectivity index (χ1n) is 26.1. The van der Waals surface area contributed by atoms with Crippen molar-refractivity contribution >= 4 is 0 Å². The van der Waals surface area contributed by atoms with Crippen LogP contribution in [0.3, 0.4) is 0 Å². The van der Waals surface area contributed by atoms with Crippen LogP contribution in [0.2, 0.25) is 0 Å². The van der Waals surface area contributed by atoms with Gasteiger partial charge in [0, 0.05) is 33.4 Å². The van der Waals surface area contributed by atoms with Crippen molar-refractivity contribution in [2.75, 3.05) is 0 Å². The number of hydrogen-bond acceptors (Lipinski definition) is 6. The molecule has 2 heterocycles. The highest BCUT2D eigenvalue weighted by Crippen LogP contribution is 2.36. The van der Waals surface area contributed by atoms with Gasteiger partial charge in [0.15, 0.2) is 34.9 Å². The molecule has 0 spiro atoms. The van der Waals surface area contributed by atoms with Gasteiger partial charge in [-0.3, -0.25) is 0 Å². The summed E-state index contributed by atoms with van der Waals surface area (Å²) in [5.41, 5.74) is 18.8. The Morgan fingerprint density at radius 1 is 0.115 bits per heavy atom. The zero-order valence-corrected chi connectivity index (χ0v) is 42.4.